The fourth-order valence-electron chi connectivity index (χ4n) is 1.75. The Morgan fingerprint density at radius 2 is 1.95 bits per heavy atom. The molecule has 0 aromatic heterocycles. The van der Waals surface area contributed by atoms with Crippen molar-refractivity contribution in [2.45, 2.75) is 0 Å². The maximum Gasteiger partial charge on any atom is 0.335 e. The van der Waals surface area contributed by atoms with Gasteiger partial charge in [-0.2, -0.15) is 0 Å². The van der Waals surface area contributed by atoms with E-state index in [-0.39, 0.29) is 22.4 Å². The van der Waals surface area contributed by atoms with Gasteiger partial charge in [0.1, 0.15) is 17.3 Å². The number of ether oxygens (including phenoxy) is 1. The third-order valence-corrected chi connectivity index (χ3v) is 2.65. The summed E-state index contributed by atoms with van der Waals surface area (Å²) in [5.74, 6) is -1.61. The fraction of sp³-hybridized carbons (Fsp3) is 0.0714. The number of hydrogen-bond donors (Lipinski definition) is 2. The van der Waals surface area contributed by atoms with Crippen LogP contribution in [0.4, 0.5) is 4.39 Å². The van der Waals surface area contributed by atoms with Crippen LogP contribution in [0.1, 0.15) is 10.4 Å². The molecule has 0 fully saturated rings. The maximum absolute atomic E-state index is 13.9. The van der Waals surface area contributed by atoms with Gasteiger partial charge in [-0.3, -0.25) is 0 Å². The fourth-order valence-corrected chi connectivity index (χ4v) is 1.75. The number of carbonyl (C=O) groups is 1. The molecule has 19 heavy (non-hydrogen) atoms. The summed E-state index contributed by atoms with van der Waals surface area (Å²) in [6.07, 6.45) is 0. The average molecular weight is 262 g/mol. The number of carboxylic acid groups (broad SMARTS) is 1. The molecule has 2 rings (SSSR count). The number of aromatic carboxylic acids is 1. The lowest BCUT2D eigenvalue weighted by Gasteiger charge is -2.07. The molecular formula is C14H11FO4. The molecule has 2 aromatic carbocycles. The number of phenolic OH excluding ortho intramolecular Hbond substituents is 1. The van der Waals surface area contributed by atoms with Gasteiger partial charge in [0.25, 0.3) is 0 Å². The van der Waals surface area contributed by atoms with Crippen molar-refractivity contribution in [2.24, 2.45) is 0 Å². The molecule has 98 valence electrons. The van der Waals surface area contributed by atoms with Gasteiger partial charge in [0.2, 0.25) is 0 Å². The maximum atomic E-state index is 13.9. The zero-order valence-corrected chi connectivity index (χ0v) is 10.1. The van der Waals surface area contributed by atoms with Crippen LogP contribution in [-0.4, -0.2) is 23.3 Å². The predicted molar refractivity (Wildman–Crippen MR) is 67.0 cm³/mol. The first kappa shape index (κ1) is 12.9. The highest BCUT2D eigenvalue weighted by atomic mass is 19.1. The number of phenols is 1. The van der Waals surface area contributed by atoms with Crippen molar-refractivity contribution in [3.05, 3.63) is 47.8 Å². The summed E-state index contributed by atoms with van der Waals surface area (Å²) in [6.45, 7) is 0. The van der Waals surface area contributed by atoms with E-state index in [1.165, 1.54) is 31.4 Å². The number of benzene rings is 2. The Hall–Kier alpha value is -2.56. The monoisotopic (exact) mass is 262 g/mol. The molecule has 0 saturated heterocycles. The van der Waals surface area contributed by atoms with E-state index in [1.807, 2.05) is 0 Å². The van der Waals surface area contributed by atoms with E-state index in [0.29, 0.717) is 5.75 Å². The summed E-state index contributed by atoms with van der Waals surface area (Å²) in [5, 5.41) is 18.4. The Bertz CT molecular complexity index is 637. The van der Waals surface area contributed by atoms with Gasteiger partial charge in [-0.05, 0) is 35.9 Å². The van der Waals surface area contributed by atoms with Gasteiger partial charge >= 0.3 is 5.97 Å². The lowest BCUT2D eigenvalue weighted by molar-refractivity contribution is 0.0696. The van der Waals surface area contributed by atoms with Crippen LogP contribution >= 0.6 is 0 Å². The normalized spacial score (nSPS) is 10.2. The van der Waals surface area contributed by atoms with Crippen LogP contribution in [0.25, 0.3) is 11.1 Å². The van der Waals surface area contributed by atoms with Crippen LogP contribution in [0, 0.1) is 5.82 Å². The number of halogens is 1. The SMILES string of the molecule is COc1ccc(-c2cc(O)cc(C(=O)O)c2)c(F)c1. The van der Waals surface area contributed by atoms with Gasteiger partial charge in [0.05, 0.1) is 12.7 Å². The zero-order valence-electron chi connectivity index (χ0n) is 10.1. The molecule has 0 heterocycles. The summed E-state index contributed by atoms with van der Waals surface area (Å²) < 4.78 is 18.8. The molecular weight excluding hydrogens is 251 g/mol. The molecule has 0 spiro atoms. The molecule has 2 N–H and O–H groups in total. The van der Waals surface area contributed by atoms with Crippen molar-refractivity contribution in [1.82, 2.24) is 0 Å². The molecule has 0 atom stereocenters. The Morgan fingerprint density at radius 1 is 1.21 bits per heavy atom. The molecule has 0 unspecified atom stereocenters. The largest absolute Gasteiger partial charge is 0.508 e. The van der Waals surface area contributed by atoms with Crippen LogP contribution in [0.15, 0.2) is 36.4 Å². The van der Waals surface area contributed by atoms with Crippen molar-refractivity contribution in [3.8, 4) is 22.6 Å². The second-order valence-electron chi connectivity index (χ2n) is 3.92. The number of hydrogen-bond acceptors (Lipinski definition) is 3. The van der Waals surface area contributed by atoms with Crippen LogP contribution in [0.5, 0.6) is 11.5 Å². The van der Waals surface area contributed by atoms with Crippen molar-refractivity contribution >= 4 is 5.97 Å². The van der Waals surface area contributed by atoms with E-state index in [1.54, 1.807) is 6.07 Å². The average Bonchev–Trinajstić information content (AvgIpc) is 2.37. The molecule has 0 aliphatic carbocycles. The molecule has 0 radical (unpaired) electrons. The zero-order chi connectivity index (χ0) is 14.0. The van der Waals surface area contributed by atoms with E-state index in [9.17, 15) is 14.3 Å². The Labute approximate surface area is 108 Å². The minimum absolute atomic E-state index is 0.106. The van der Waals surface area contributed by atoms with Gasteiger partial charge in [-0.1, -0.05) is 0 Å². The number of carboxylic acids is 1. The Morgan fingerprint density at radius 3 is 2.53 bits per heavy atom. The lowest BCUT2D eigenvalue weighted by atomic mass is 10.0. The van der Waals surface area contributed by atoms with Crippen LogP contribution in [0.3, 0.4) is 0 Å². The van der Waals surface area contributed by atoms with Crippen LogP contribution in [-0.2, 0) is 0 Å². The molecule has 0 aliphatic rings. The first-order chi connectivity index (χ1) is 9.01. The first-order valence-electron chi connectivity index (χ1n) is 5.42. The van der Waals surface area contributed by atoms with Crippen molar-refractivity contribution < 1.29 is 24.1 Å². The molecule has 0 saturated carbocycles. The van der Waals surface area contributed by atoms with E-state index < -0.39 is 11.8 Å². The second-order valence-corrected chi connectivity index (χ2v) is 3.92. The minimum atomic E-state index is -1.19. The van der Waals surface area contributed by atoms with Crippen molar-refractivity contribution in [2.75, 3.05) is 7.11 Å². The molecule has 0 bridgehead atoms. The van der Waals surface area contributed by atoms with E-state index in [4.69, 9.17) is 9.84 Å². The Kier molecular flexibility index (Phi) is 3.37. The highest BCUT2D eigenvalue weighted by Crippen LogP contribution is 2.29. The summed E-state index contributed by atoms with van der Waals surface area (Å²) in [4.78, 5) is 10.9. The highest BCUT2D eigenvalue weighted by Gasteiger charge is 2.11. The molecule has 0 amide bonds. The third kappa shape index (κ3) is 2.65. The van der Waals surface area contributed by atoms with E-state index in [0.717, 1.165) is 6.07 Å². The van der Waals surface area contributed by atoms with E-state index >= 15 is 0 Å². The van der Waals surface area contributed by atoms with Gasteiger partial charge in [-0.25, -0.2) is 9.18 Å². The number of methoxy groups -OCH3 is 1. The highest BCUT2D eigenvalue weighted by molar-refractivity contribution is 5.90. The quantitative estimate of drug-likeness (QED) is 0.892. The summed E-state index contributed by atoms with van der Waals surface area (Å²) in [6, 6.07) is 7.93. The molecule has 0 aliphatic heterocycles. The standard InChI is InChI=1S/C14H11FO4/c1-19-11-2-3-12(13(15)7-11)8-4-9(14(17)18)6-10(16)5-8/h2-7,16H,1H3,(H,17,18). The van der Waals surface area contributed by atoms with Gasteiger partial charge in [0, 0.05) is 11.6 Å². The smallest absolute Gasteiger partial charge is 0.335 e. The summed E-state index contributed by atoms with van der Waals surface area (Å²) >= 11 is 0. The predicted octanol–water partition coefficient (Wildman–Crippen LogP) is 2.91. The van der Waals surface area contributed by atoms with Gasteiger partial charge in [0.15, 0.2) is 0 Å². The van der Waals surface area contributed by atoms with Crippen molar-refractivity contribution in [1.29, 1.82) is 0 Å². The topological polar surface area (TPSA) is 66.8 Å². The van der Waals surface area contributed by atoms with Gasteiger partial charge in [-0.15, -0.1) is 0 Å². The van der Waals surface area contributed by atoms with Gasteiger partial charge < -0.3 is 14.9 Å². The van der Waals surface area contributed by atoms with Crippen LogP contribution in [0.2, 0.25) is 0 Å². The van der Waals surface area contributed by atoms with Crippen molar-refractivity contribution in [3.63, 3.8) is 0 Å². The molecule has 2 aromatic rings. The molecule has 5 heteroatoms. The summed E-state index contributed by atoms with van der Waals surface area (Å²) in [5.41, 5.74) is 0.377. The summed E-state index contributed by atoms with van der Waals surface area (Å²) in [7, 11) is 1.42. The molecule has 4 nitrogen and oxygen atoms in total. The van der Waals surface area contributed by atoms with Crippen LogP contribution < -0.4 is 4.74 Å². The number of rotatable bonds is 3. The second kappa shape index (κ2) is 4.97. The Balaban J connectivity index is 2.55. The third-order valence-electron chi connectivity index (χ3n) is 2.65. The lowest BCUT2D eigenvalue weighted by Crippen LogP contribution is -1.97. The minimum Gasteiger partial charge on any atom is -0.508 e. The first-order valence-corrected chi connectivity index (χ1v) is 5.42. The van der Waals surface area contributed by atoms with E-state index in [2.05, 4.69) is 0 Å². The number of aromatic hydroxyl groups is 1.